The molecule has 1 aliphatic rings. The fraction of sp³-hybridized carbons (Fsp3) is 0.533. The summed E-state index contributed by atoms with van der Waals surface area (Å²) in [4.78, 5) is 11.0. The van der Waals surface area contributed by atoms with Crippen molar-refractivity contribution < 1.29 is 37.5 Å². The number of amides is 1. The second-order valence-electron chi connectivity index (χ2n) is 5.82. The molecular weight excluding hydrogens is 354 g/mol. The highest BCUT2D eigenvalue weighted by Crippen LogP contribution is 2.22. The van der Waals surface area contributed by atoms with E-state index in [4.69, 9.17) is 8.92 Å². The zero-order valence-electron chi connectivity index (χ0n) is 13.7. The molecule has 4 N–H and O–H groups in total. The third kappa shape index (κ3) is 4.75. The Kier molecular flexibility index (Phi) is 6.14. The van der Waals surface area contributed by atoms with Crippen LogP contribution >= 0.6 is 0 Å². The molecule has 2 rings (SSSR count). The van der Waals surface area contributed by atoms with Crippen molar-refractivity contribution in [3.05, 3.63) is 29.8 Å². The summed E-state index contributed by atoms with van der Waals surface area (Å²) in [6, 6.07) is 4.72. The molecule has 1 aliphatic heterocycles. The lowest BCUT2D eigenvalue weighted by molar-refractivity contribution is -0.252. The first kappa shape index (κ1) is 19.8. The average Bonchev–Trinajstić information content (AvgIpc) is 2.54. The van der Waals surface area contributed by atoms with E-state index in [1.807, 2.05) is 0 Å². The summed E-state index contributed by atoms with van der Waals surface area (Å²) in [5.74, 6) is -0.532. The second-order valence-corrected chi connectivity index (χ2v) is 7.44. The molecule has 1 aromatic carbocycles. The van der Waals surface area contributed by atoms with Gasteiger partial charge >= 0.3 is 0 Å². The van der Waals surface area contributed by atoms with Crippen molar-refractivity contribution in [2.24, 2.45) is 0 Å². The number of rotatable bonds is 5. The maximum absolute atomic E-state index is 12.1. The lowest BCUT2D eigenvalue weighted by Crippen LogP contribution is -2.64. The number of hydrogen-bond donors (Lipinski definition) is 4. The third-order valence-corrected chi connectivity index (χ3v) is 5.08. The second kappa shape index (κ2) is 7.77. The minimum atomic E-state index is -4.09. The highest BCUT2D eigenvalue weighted by Gasteiger charge is 2.44. The lowest BCUT2D eigenvalue weighted by Gasteiger charge is -2.40. The largest absolute Gasteiger partial charge is 0.388 e. The van der Waals surface area contributed by atoms with Gasteiger partial charge in [-0.3, -0.25) is 8.98 Å². The number of ether oxygens (including phenoxy) is 1. The predicted octanol–water partition coefficient (Wildman–Crippen LogP) is -1.36. The zero-order valence-corrected chi connectivity index (χ0v) is 14.5. The first-order valence-corrected chi connectivity index (χ1v) is 8.95. The monoisotopic (exact) mass is 375 g/mol. The molecule has 1 heterocycles. The van der Waals surface area contributed by atoms with E-state index in [2.05, 4.69) is 5.32 Å². The Balaban J connectivity index is 2.03. The summed E-state index contributed by atoms with van der Waals surface area (Å²) >= 11 is 0. The fourth-order valence-corrected chi connectivity index (χ4v) is 3.32. The molecule has 0 spiro atoms. The molecule has 25 heavy (non-hydrogen) atoms. The summed E-state index contributed by atoms with van der Waals surface area (Å²) in [6.07, 6.45) is -6.04. The van der Waals surface area contributed by atoms with E-state index in [1.165, 1.54) is 19.1 Å². The van der Waals surface area contributed by atoms with Crippen LogP contribution in [0.25, 0.3) is 0 Å². The van der Waals surface area contributed by atoms with E-state index in [9.17, 15) is 28.5 Å². The Hall–Kier alpha value is -1.56. The molecule has 0 radical (unpaired) electrons. The third-order valence-electron chi connectivity index (χ3n) is 3.79. The van der Waals surface area contributed by atoms with Gasteiger partial charge in [0.25, 0.3) is 10.1 Å². The van der Waals surface area contributed by atoms with Crippen molar-refractivity contribution in [3.8, 4) is 0 Å². The molecule has 1 saturated heterocycles. The molecular formula is C15H21NO8S. The first-order valence-electron chi connectivity index (χ1n) is 7.54. The normalized spacial score (nSPS) is 30.0. The molecule has 0 aliphatic carbocycles. The lowest BCUT2D eigenvalue weighted by atomic mass is 9.97. The van der Waals surface area contributed by atoms with Crippen LogP contribution in [-0.4, -0.2) is 66.9 Å². The van der Waals surface area contributed by atoms with E-state index in [1.54, 1.807) is 19.1 Å². The minimum Gasteiger partial charge on any atom is -0.388 e. The minimum absolute atomic E-state index is 0.0689. The zero-order chi connectivity index (χ0) is 18.8. The number of benzene rings is 1. The molecule has 0 bridgehead atoms. The number of hydrogen-bond acceptors (Lipinski definition) is 8. The number of aliphatic hydroxyl groups excluding tert-OH is 3. The van der Waals surface area contributed by atoms with Crippen LogP contribution in [0.2, 0.25) is 0 Å². The van der Waals surface area contributed by atoms with Gasteiger partial charge in [-0.1, -0.05) is 17.7 Å². The standard InChI is InChI=1S/C15H21NO8S/c1-8-3-5-10(6-4-8)25(21,22)23-7-11-13(18)14(19)12(15(20)24-11)16-9(2)17/h3-6,11-15,18-20H,7H2,1-2H3,(H,16,17)/t11-,12+,13-,14-,15?/m1/s1. The van der Waals surface area contributed by atoms with Gasteiger partial charge in [-0.25, -0.2) is 0 Å². The topological polar surface area (TPSA) is 142 Å². The van der Waals surface area contributed by atoms with Crippen molar-refractivity contribution in [1.29, 1.82) is 0 Å². The summed E-state index contributed by atoms with van der Waals surface area (Å²) < 4.78 is 34.2. The maximum Gasteiger partial charge on any atom is 0.297 e. The van der Waals surface area contributed by atoms with Gasteiger partial charge in [-0.05, 0) is 19.1 Å². The quantitative estimate of drug-likeness (QED) is 0.463. The molecule has 0 aromatic heterocycles. The summed E-state index contributed by atoms with van der Waals surface area (Å²) in [5, 5.41) is 32.1. The van der Waals surface area contributed by atoms with Gasteiger partial charge in [0.2, 0.25) is 5.91 Å². The van der Waals surface area contributed by atoms with Gasteiger partial charge in [0.05, 0.1) is 11.5 Å². The molecule has 9 nitrogen and oxygen atoms in total. The Morgan fingerprint density at radius 3 is 2.36 bits per heavy atom. The predicted molar refractivity (Wildman–Crippen MR) is 84.8 cm³/mol. The van der Waals surface area contributed by atoms with E-state index in [0.717, 1.165) is 5.56 Å². The number of aliphatic hydroxyl groups is 3. The van der Waals surface area contributed by atoms with Crippen LogP contribution in [0.15, 0.2) is 29.2 Å². The van der Waals surface area contributed by atoms with E-state index < -0.39 is 53.3 Å². The van der Waals surface area contributed by atoms with Crippen LogP contribution in [-0.2, 0) is 23.8 Å². The average molecular weight is 375 g/mol. The van der Waals surface area contributed by atoms with Gasteiger partial charge < -0.3 is 25.4 Å². The van der Waals surface area contributed by atoms with Crippen LogP contribution < -0.4 is 5.32 Å². The molecule has 1 amide bonds. The smallest absolute Gasteiger partial charge is 0.297 e. The van der Waals surface area contributed by atoms with Crippen LogP contribution in [0.5, 0.6) is 0 Å². The van der Waals surface area contributed by atoms with Gasteiger partial charge in [0.1, 0.15) is 24.4 Å². The first-order chi connectivity index (χ1) is 11.6. The van der Waals surface area contributed by atoms with Crippen molar-refractivity contribution in [1.82, 2.24) is 5.32 Å². The highest BCUT2D eigenvalue weighted by molar-refractivity contribution is 7.86. The Morgan fingerprint density at radius 1 is 1.20 bits per heavy atom. The highest BCUT2D eigenvalue weighted by atomic mass is 32.2. The molecule has 10 heteroatoms. The molecule has 5 atom stereocenters. The Morgan fingerprint density at radius 2 is 1.80 bits per heavy atom. The maximum atomic E-state index is 12.1. The summed E-state index contributed by atoms with van der Waals surface area (Å²) in [7, 11) is -4.09. The van der Waals surface area contributed by atoms with Gasteiger partial charge in [0.15, 0.2) is 6.29 Å². The SMILES string of the molecule is CC(=O)N[C@@H]1C(O)O[C@H](COS(=O)(=O)c2ccc(C)cc2)[C@@H](O)[C@@H]1O. The molecule has 1 aromatic rings. The summed E-state index contributed by atoms with van der Waals surface area (Å²) in [6.45, 7) is 2.37. The van der Waals surface area contributed by atoms with Crippen LogP contribution in [0.3, 0.4) is 0 Å². The molecule has 1 fully saturated rings. The van der Waals surface area contributed by atoms with Crippen molar-refractivity contribution in [2.75, 3.05) is 6.61 Å². The van der Waals surface area contributed by atoms with Crippen LogP contribution in [0.4, 0.5) is 0 Å². The number of nitrogens with one attached hydrogen (secondary N) is 1. The van der Waals surface area contributed by atoms with Crippen LogP contribution in [0.1, 0.15) is 12.5 Å². The van der Waals surface area contributed by atoms with Crippen LogP contribution in [0, 0.1) is 6.92 Å². The molecule has 1 unspecified atom stereocenters. The fourth-order valence-electron chi connectivity index (χ4n) is 2.40. The molecule has 0 saturated carbocycles. The number of aryl methyl sites for hydroxylation is 1. The Bertz CT molecular complexity index is 705. The van der Waals surface area contributed by atoms with Gasteiger partial charge in [-0.2, -0.15) is 8.42 Å². The summed E-state index contributed by atoms with van der Waals surface area (Å²) in [5.41, 5.74) is 0.875. The van der Waals surface area contributed by atoms with Crippen molar-refractivity contribution in [3.63, 3.8) is 0 Å². The van der Waals surface area contributed by atoms with E-state index in [0.29, 0.717) is 0 Å². The molecule has 140 valence electrons. The van der Waals surface area contributed by atoms with Crippen molar-refractivity contribution in [2.45, 2.75) is 49.4 Å². The van der Waals surface area contributed by atoms with Gasteiger partial charge in [-0.15, -0.1) is 0 Å². The number of carbonyl (C=O) groups excluding carboxylic acids is 1. The van der Waals surface area contributed by atoms with E-state index in [-0.39, 0.29) is 4.90 Å². The number of carbonyl (C=O) groups is 1. The Labute approximate surface area is 145 Å². The van der Waals surface area contributed by atoms with Gasteiger partial charge in [0, 0.05) is 6.92 Å². The van der Waals surface area contributed by atoms with E-state index >= 15 is 0 Å². The van der Waals surface area contributed by atoms with Crippen molar-refractivity contribution >= 4 is 16.0 Å².